The summed E-state index contributed by atoms with van der Waals surface area (Å²) in [5, 5.41) is 0. The van der Waals surface area contributed by atoms with Crippen LogP contribution in [0.15, 0.2) is 30.3 Å². The Morgan fingerprint density at radius 3 is 2.53 bits per heavy atom. The fourth-order valence-electron chi connectivity index (χ4n) is 2.40. The molecule has 0 radical (unpaired) electrons. The van der Waals surface area contributed by atoms with E-state index in [-0.39, 0.29) is 19.7 Å². The van der Waals surface area contributed by atoms with Crippen LogP contribution in [0.4, 0.5) is 9.18 Å². The second kappa shape index (κ2) is 4.20. The molecule has 1 heterocycles. The highest BCUT2D eigenvalue weighted by atomic mass is 19.1. The van der Waals surface area contributed by atoms with E-state index in [0.29, 0.717) is 12.8 Å². The molecule has 1 saturated heterocycles. The van der Waals surface area contributed by atoms with Crippen molar-refractivity contribution < 1.29 is 13.9 Å². The van der Waals surface area contributed by atoms with Crippen LogP contribution in [0.2, 0.25) is 0 Å². The summed E-state index contributed by atoms with van der Waals surface area (Å²) in [6.45, 7) is 0.317. The van der Waals surface area contributed by atoms with Gasteiger partial charge in [0, 0.05) is 0 Å². The molecule has 19 heavy (non-hydrogen) atoms. The van der Waals surface area contributed by atoms with Crippen molar-refractivity contribution in [2.24, 2.45) is 5.73 Å². The first-order valence-corrected chi connectivity index (χ1v) is 6.46. The number of carbonyl (C=O) groups excluding carboxylic acids is 1. The van der Waals surface area contributed by atoms with Crippen LogP contribution in [-0.2, 0) is 11.3 Å². The Labute approximate surface area is 111 Å². The minimum Gasteiger partial charge on any atom is -0.445 e. The first-order chi connectivity index (χ1) is 9.02. The van der Waals surface area contributed by atoms with E-state index in [1.54, 1.807) is 0 Å². The summed E-state index contributed by atoms with van der Waals surface area (Å²) in [4.78, 5) is 13.1. The molecule has 2 N–H and O–H groups in total. The third-order valence-corrected chi connectivity index (χ3v) is 4.03. The maximum atomic E-state index is 14.3. The van der Waals surface area contributed by atoms with Gasteiger partial charge in [-0.05, 0) is 18.4 Å². The molecule has 0 unspecified atom stereocenters. The topological polar surface area (TPSA) is 55.6 Å². The van der Waals surface area contributed by atoms with E-state index in [0.717, 1.165) is 5.56 Å². The molecule has 5 heteroatoms. The van der Waals surface area contributed by atoms with Crippen LogP contribution < -0.4 is 5.73 Å². The molecule has 1 aliphatic carbocycles. The average Bonchev–Trinajstić information content (AvgIpc) is 3.13. The van der Waals surface area contributed by atoms with Crippen LogP contribution >= 0.6 is 0 Å². The van der Waals surface area contributed by atoms with Crippen molar-refractivity contribution in [1.82, 2.24) is 4.90 Å². The molecule has 0 atom stereocenters. The molecule has 1 aromatic rings. The van der Waals surface area contributed by atoms with Gasteiger partial charge in [-0.1, -0.05) is 30.3 Å². The Bertz CT molecular complexity index is 481. The lowest BCUT2D eigenvalue weighted by atomic mass is 9.86. The fourth-order valence-corrected chi connectivity index (χ4v) is 2.40. The first-order valence-electron chi connectivity index (χ1n) is 6.46. The smallest absolute Gasteiger partial charge is 0.410 e. The summed E-state index contributed by atoms with van der Waals surface area (Å²) in [5.74, 6) is 0. The molecule has 1 amide bonds. The molecule has 2 aliphatic rings. The van der Waals surface area contributed by atoms with Crippen LogP contribution in [0.3, 0.4) is 0 Å². The monoisotopic (exact) mass is 264 g/mol. The second-order valence-corrected chi connectivity index (χ2v) is 5.52. The molecule has 2 fully saturated rings. The summed E-state index contributed by atoms with van der Waals surface area (Å²) >= 11 is 0. The fraction of sp³-hybridized carbons (Fsp3) is 0.500. The Balaban J connectivity index is 1.48. The molecule has 0 bridgehead atoms. The van der Waals surface area contributed by atoms with Crippen molar-refractivity contribution >= 4 is 6.09 Å². The lowest BCUT2D eigenvalue weighted by Crippen LogP contribution is -2.69. The first kappa shape index (κ1) is 12.4. The maximum Gasteiger partial charge on any atom is 0.410 e. The Morgan fingerprint density at radius 1 is 1.32 bits per heavy atom. The zero-order valence-electron chi connectivity index (χ0n) is 10.6. The molecular weight excluding hydrogens is 247 g/mol. The summed E-state index contributed by atoms with van der Waals surface area (Å²) < 4.78 is 19.4. The lowest BCUT2D eigenvalue weighted by Gasteiger charge is -2.47. The van der Waals surface area contributed by atoms with Crippen LogP contribution in [0, 0.1) is 0 Å². The Morgan fingerprint density at radius 2 is 1.95 bits per heavy atom. The minimum atomic E-state index is -1.42. The summed E-state index contributed by atoms with van der Waals surface area (Å²) in [6.07, 6.45) is 0.939. The molecule has 1 saturated carbocycles. The number of rotatable bonds is 3. The van der Waals surface area contributed by atoms with E-state index < -0.39 is 17.3 Å². The van der Waals surface area contributed by atoms with Gasteiger partial charge < -0.3 is 15.4 Å². The van der Waals surface area contributed by atoms with Gasteiger partial charge in [0.2, 0.25) is 0 Å². The largest absolute Gasteiger partial charge is 0.445 e. The van der Waals surface area contributed by atoms with Gasteiger partial charge >= 0.3 is 6.09 Å². The summed E-state index contributed by atoms with van der Waals surface area (Å²) in [6, 6.07) is 9.41. The van der Waals surface area contributed by atoms with Gasteiger partial charge in [-0.2, -0.15) is 0 Å². The van der Waals surface area contributed by atoms with Crippen molar-refractivity contribution in [1.29, 1.82) is 0 Å². The van der Waals surface area contributed by atoms with Crippen LogP contribution in [-0.4, -0.2) is 35.3 Å². The van der Waals surface area contributed by atoms with E-state index in [1.165, 1.54) is 4.90 Å². The normalized spacial score (nSPS) is 22.5. The van der Waals surface area contributed by atoms with Gasteiger partial charge in [-0.15, -0.1) is 0 Å². The van der Waals surface area contributed by atoms with Crippen molar-refractivity contribution in [3.05, 3.63) is 35.9 Å². The predicted molar refractivity (Wildman–Crippen MR) is 68.2 cm³/mol. The number of amides is 1. The molecule has 102 valence electrons. The number of nitrogens with two attached hydrogens (primary N) is 1. The highest BCUT2D eigenvalue weighted by Gasteiger charge is 2.64. The number of nitrogens with zero attached hydrogens (tertiary/aromatic N) is 1. The third kappa shape index (κ3) is 2.18. The van der Waals surface area contributed by atoms with E-state index in [4.69, 9.17) is 10.5 Å². The van der Waals surface area contributed by atoms with Gasteiger partial charge in [0.05, 0.1) is 18.6 Å². The number of benzene rings is 1. The molecule has 0 spiro atoms. The van der Waals surface area contributed by atoms with Crippen LogP contribution in [0.25, 0.3) is 0 Å². The molecule has 1 aliphatic heterocycles. The van der Waals surface area contributed by atoms with Crippen molar-refractivity contribution in [2.75, 3.05) is 13.1 Å². The van der Waals surface area contributed by atoms with E-state index in [1.807, 2.05) is 30.3 Å². The summed E-state index contributed by atoms with van der Waals surface area (Å²) in [5.41, 5.74) is 4.65. The quantitative estimate of drug-likeness (QED) is 0.906. The van der Waals surface area contributed by atoms with Gasteiger partial charge in [-0.25, -0.2) is 9.18 Å². The van der Waals surface area contributed by atoms with Crippen LogP contribution in [0.1, 0.15) is 18.4 Å². The molecule has 4 nitrogen and oxygen atoms in total. The van der Waals surface area contributed by atoms with Gasteiger partial charge in [-0.3, -0.25) is 0 Å². The minimum absolute atomic E-state index is 0.0527. The zero-order valence-corrected chi connectivity index (χ0v) is 10.6. The highest BCUT2D eigenvalue weighted by Crippen LogP contribution is 2.49. The highest BCUT2D eigenvalue weighted by molar-refractivity contribution is 5.69. The maximum absolute atomic E-state index is 14.3. The lowest BCUT2D eigenvalue weighted by molar-refractivity contribution is -0.0527. The SMILES string of the molecule is NC1(C2(F)CN(C(=O)OCc3ccccc3)C2)CC1. The van der Waals surface area contributed by atoms with Crippen LogP contribution in [0.5, 0.6) is 0 Å². The Kier molecular flexibility index (Phi) is 2.74. The Hall–Kier alpha value is -1.62. The molecule has 0 aromatic heterocycles. The van der Waals surface area contributed by atoms with Gasteiger partial charge in [0.1, 0.15) is 6.61 Å². The average molecular weight is 264 g/mol. The van der Waals surface area contributed by atoms with Crippen molar-refractivity contribution in [3.63, 3.8) is 0 Å². The van der Waals surface area contributed by atoms with Crippen molar-refractivity contribution in [3.8, 4) is 0 Å². The predicted octanol–water partition coefficient (Wildman–Crippen LogP) is 1.84. The number of likely N-dealkylation sites (tertiary alicyclic amines) is 1. The molecule has 1 aromatic carbocycles. The molecule has 3 rings (SSSR count). The zero-order chi connectivity index (χ0) is 13.5. The summed E-state index contributed by atoms with van der Waals surface area (Å²) in [7, 11) is 0. The number of ether oxygens (including phenoxy) is 1. The van der Waals surface area contributed by atoms with E-state index in [2.05, 4.69) is 0 Å². The number of hydrogen-bond acceptors (Lipinski definition) is 3. The number of carbonyl (C=O) groups is 1. The second-order valence-electron chi connectivity index (χ2n) is 5.52. The number of alkyl halides is 1. The number of halogens is 1. The van der Waals surface area contributed by atoms with Crippen molar-refractivity contribution in [2.45, 2.75) is 30.7 Å². The van der Waals surface area contributed by atoms with E-state index in [9.17, 15) is 9.18 Å². The third-order valence-electron chi connectivity index (χ3n) is 4.03. The van der Waals surface area contributed by atoms with Gasteiger partial charge in [0.25, 0.3) is 0 Å². The number of hydrogen-bond donors (Lipinski definition) is 1. The van der Waals surface area contributed by atoms with Gasteiger partial charge in [0.15, 0.2) is 5.67 Å². The molecular formula is C14H17FN2O2. The standard InChI is InChI=1S/C14H17FN2O2/c15-13(14(16)6-7-14)9-17(10-13)12(18)19-8-11-4-2-1-3-5-11/h1-5H,6-10,16H2. The van der Waals surface area contributed by atoms with E-state index >= 15 is 0 Å².